The molecule has 0 radical (unpaired) electrons. The zero-order valence-corrected chi connectivity index (χ0v) is 26.3. The third-order valence-electron chi connectivity index (χ3n) is 7.11. The van der Waals surface area contributed by atoms with Crippen molar-refractivity contribution in [2.45, 2.75) is 56.3 Å². The number of hydrogen-bond donors (Lipinski definition) is 0. The SMILES string of the molecule is CS(=O)(=O)S[C@@H]1O[C@H](COCc2ccccc2)[C@H](OCc2ccccc2)[C@H](OCc2ccccc2)[C@H]1OCc1ccccc1. The van der Waals surface area contributed by atoms with Crippen molar-refractivity contribution in [3.63, 3.8) is 0 Å². The van der Waals surface area contributed by atoms with Crippen molar-refractivity contribution in [3.8, 4) is 0 Å². The lowest BCUT2D eigenvalue weighted by molar-refractivity contribution is -0.254. The molecule has 0 unspecified atom stereocenters. The first kappa shape index (κ1) is 32.4. The molecule has 0 aliphatic carbocycles. The van der Waals surface area contributed by atoms with Crippen molar-refractivity contribution >= 4 is 19.7 Å². The molecule has 0 N–H and O–H groups in total. The normalized spacial score (nSPS) is 22.1. The Morgan fingerprint density at radius 1 is 0.568 bits per heavy atom. The Kier molecular flexibility index (Phi) is 12.0. The van der Waals surface area contributed by atoms with Crippen LogP contribution in [0.3, 0.4) is 0 Å². The Morgan fingerprint density at radius 2 is 0.955 bits per heavy atom. The van der Waals surface area contributed by atoms with Crippen LogP contribution in [0.25, 0.3) is 0 Å². The number of hydrogen-bond acceptors (Lipinski definition) is 8. The maximum Gasteiger partial charge on any atom is 0.201 e. The van der Waals surface area contributed by atoms with E-state index < -0.39 is 38.7 Å². The van der Waals surface area contributed by atoms with Gasteiger partial charge in [-0.1, -0.05) is 121 Å². The van der Waals surface area contributed by atoms with Crippen LogP contribution in [0.4, 0.5) is 0 Å². The van der Waals surface area contributed by atoms with E-state index in [1.807, 2.05) is 121 Å². The van der Waals surface area contributed by atoms with Crippen LogP contribution in [0.2, 0.25) is 0 Å². The first-order valence-corrected chi connectivity index (χ1v) is 17.9. The highest BCUT2D eigenvalue weighted by atomic mass is 33.1. The molecule has 0 saturated carbocycles. The van der Waals surface area contributed by atoms with Gasteiger partial charge in [0.2, 0.25) is 8.87 Å². The summed E-state index contributed by atoms with van der Waals surface area (Å²) in [4.78, 5) is 0. The highest BCUT2D eigenvalue weighted by Crippen LogP contribution is 2.37. The number of benzene rings is 4. The van der Waals surface area contributed by atoms with Crippen LogP contribution >= 0.6 is 10.8 Å². The summed E-state index contributed by atoms with van der Waals surface area (Å²) in [6.45, 7) is 1.40. The summed E-state index contributed by atoms with van der Waals surface area (Å²) in [6, 6.07) is 39.3. The molecule has 1 aliphatic heterocycles. The molecule has 1 saturated heterocycles. The molecule has 1 fully saturated rings. The Labute approximate surface area is 263 Å². The fourth-order valence-corrected chi connectivity index (χ4v) is 7.37. The van der Waals surface area contributed by atoms with E-state index in [4.69, 9.17) is 23.7 Å². The molecule has 4 aromatic rings. The van der Waals surface area contributed by atoms with Crippen LogP contribution in [-0.4, -0.2) is 51.1 Å². The molecule has 0 amide bonds. The lowest BCUT2D eigenvalue weighted by Crippen LogP contribution is -2.60. The molecular formula is C35H38O7S2. The molecule has 1 aliphatic rings. The first-order chi connectivity index (χ1) is 21.4. The molecule has 44 heavy (non-hydrogen) atoms. The van der Waals surface area contributed by atoms with Crippen LogP contribution in [0.15, 0.2) is 121 Å². The van der Waals surface area contributed by atoms with Gasteiger partial charge in [-0.2, -0.15) is 0 Å². The van der Waals surface area contributed by atoms with Gasteiger partial charge in [-0.05, 0) is 22.3 Å². The number of rotatable bonds is 15. The monoisotopic (exact) mass is 634 g/mol. The maximum absolute atomic E-state index is 12.6. The van der Waals surface area contributed by atoms with Crippen LogP contribution in [0, 0.1) is 0 Å². The summed E-state index contributed by atoms with van der Waals surface area (Å²) >= 11 is 0. The van der Waals surface area contributed by atoms with Crippen LogP contribution in [0.5, 0.6) is 0 Å². The van der Waals surface area contributed by atoms with E-state index in [0.717, 1.165) is 33.0 Å². The molecule has 5 atom stereocenters. The highest BCUT2D eigenvalue weighted by Gasteiger charge is 2.49. The van der Waals surface area contributed by atoms with E-state index in [1.54, 1.807) is 0 Å². The second-order valence-corrected chi connectivity index (χ2v) is 15.1. The van der Waals surface area contributed by atoms with Crippen molar-refractivity contribution in [3.05, 3.63) is 144 Å². The second-order valence-electron chi connectivity index (χ2n) is 10.6. The molecule has 0 spiro atoms. The summed E-state index contributed by atoms with van der Waals surface area (Å²) < 4.78 is 57.6. The molecule has 7 nitrogen and oxygen atoms in total. The minimum atomic E-state index is -3.52. The van der Waals surface area contributed by atoms with E-state index in [0.29, 0.717) is 13.2 Å². The van der Waals surface area contributed by atoms with Gasteiger partial charge in [0.05, 0.1) is 33.0 Å². The van der Waals surface area contributed by atoms with E-state index in [1.165, 1.54) is 6.26 Å². The van der Waals surface area contributed by atoms with E-state index in [-0.39, 0.29) is 19.8 Å². The molecule has 5 rings (SSSR count). The van der Waals surface area contributed by atoms with E-state index in [2.05, 4.69) is 0 Å². The standard InChI is InChI=1S/C35H38O7S2/c1-44(36,37)43-35-34(41-25-30-20-12-5-13-21-30)33(40-24-29-18-10-4-11-19-29)32(39-23-28-16-8-3-9-17-28)31(42-35)26-38-22-27-14-6-2-7-15-27/h2-21,31-35H,22-26H2,1H3/t31-,32+,33+,34-,35+/m1/s1. The van der Waals surface area contributed by atoms with Crippen LogP contribution < -0.4 is 0 Å². The molecular weight excluding hydrogens is 597 g/mol. The predicted octanol–water partition coefficient (Wildman–Crippen LogP) is 6.38. The average Bonchev–Trinajstić information content (AvgIpc) is 3.04. The van der Waals surface area contributed by atoms with Crippen molar-refractivity contribution in [1.82, 2.24) is 0 Å². The van der Waals surface area contributed by atoms with Gasteiger partial charge in [-0.3, -0.25) is 0 Å². The van der Waals surface area contributed by atoms with Crippen LogP contribution in [-0.2, 0) is 59.0 Å². The summed E-state index contributed by atoms with van der Waals surface area (Å²) in [6.07, 6.45) is -1.50. The second kappa shape index (κ2) is 16.3. The number of ether oxygens (including phenoxy) is 5. The van der Waals surface area contributed by atoms with Gasteiger partial charge in [0.25, 0.3) is 0 Å². The van der Waals surface area contributed by atoms with Gasteiger partial charge >= 0.3 is 0 Å². The van der Waals surface area contributed by atoms with Gasteiger partial charge in [0.15, 0.2) is 0 Å². The van der Waals surface area contributed by atoms with Crippen molar-refractivity contribution < 1.29 is 32.1 Å². The highest BCUT2D eigenvalue weighted by molar-refractivity contribution is 8.72. The Balaban J connectivity index is 1.45. The summed E-state index contributed by atoms with van der Waals surface area (Å²) in [5, 5.41) is 0. The largest absolute Gasteiger partial charge is 0.374 e. The van der Waals surface area contributed by atoms with Crippen molar-refractivity contribution in [2.24, 2.45) is 0 Å². The van der Waals surface area contributed by atoms with Gasteiger partial charge < -0.3 is 23.7 Å². The molecule has 1 heterocycles. The van der Waals surface area contributed by atoms with Gasteiger partial charge in [0, 0.05) is 17.0 Å². The predicted molar refractivity (Wildman–Crippen MR) is 172 cm³/mol. The fraction of sp³-hybridized carbons (Fsp3) is 0.314. The van der Waals surface area contributed by atoms with Crippen molar-refractivity contribution in [1.29, 1.82) is 0 Å². The van der Waals surface area contributed by atoms with Gasteiger partial charge in [0.1, 0.15) is 29.9 Å². The molecule has 0 aromatic heterocycles. The van der Waals surface area contributed by atoms with Gasteiger partial charge in [-0.15, -0.1) is 0 Å². The summed E-state index contributed by atoms with van der Waals surface area (Å²) in [5.41, 5.74) is 3.07. The third-order valence-corrected chi connectivity index (χ3v) is 9.65. The zero-order valence-electron chi connectivity index (χ0n) is 24.6. The Bertz CT molecular complexity index is 1490. The molecule has 0 bridgehead atoms. The molecule has 232 valence electrons. The lowest BCUT2D eigenvalue weighted by atomic mass is 9.98. The Hall–Kier alpha value is -3.02. The minimum absolute atomic E-state index is 0.172. The summed E-state index contributed by atoms with van der Waals surface area (Å²) in [7, 11) is -2.78. The van der Waals surface area contributed by atoms with Gasteiger partial charge in [-0.25, -0.2) is 8.42 Å². The lowest BCUT2D eigenvalue weighted by Gasteiger charge is -2.45. The third kappa shape index (κ3) is 10.0. The average molecular weight is 635 g/mol. The quantitative estimate of drug-likeness (QED) is 0.140. The van der Waals surface area contributed by atoms with E-state index in [9.17, 15) is 8.42 Å². The van der Waals surface area contributed by atoms with Crippen molar-refractivity contribution in [2.75, 3.05) is 12.9 Å². The summed E-state index contributed by atoms with van der Waals surface area (Å²) in [5.74, 6) is 0. The smallest absolute Gasteiger partial charge is 0.201 e. The molecule has 4 aromatic carbocycles. The van der Waals surface area contributed by atoms with E-state index >= 15 is 0 Å². The topological polar surface area (TPSA) is 80.3 Å². The van der Waals surface area contributed by atoms with Crippen LogP contribution in [0.1, 0.15) is 22.3 Å². The molecule has 9 heteroatoms. The minimum Gasteiger partial charge on any atom is -0.374 e. The Morgan fingerprint density at radius 3 is 1.39 bits per heavy atom. The first-order valence-electron chi connectivity index (χ1n) is 14.6. The fourth-order valence-electron chi connectivity index (χ4n) is 5.00. The zero-order chi connectivity index (χ0) is 30.6. The maximum atomic E-state index is 12.6.